The van der Waals surface area contributed by atoms with Gasteiger partial charge in [-0.3, -0.25) is 4.57 Å². The molecule has 102 valence electrons. The van der Waals surface area contributed by atoms with Crippen LogP contribution in [0.25, 0.3) is 0 Å². The summed E-state index contributed by atoms with van der Waals surface area (Å²) >= 11 is 0. The smallest absolute Gasteiger partial charge is 0.274 e. The van der Waals surface area contributed by atoms with Crippen molar-refractivity contribution in [1.29, 1.82) is 0 Å². The van der Waals surface area contributed by atoms with E-state index in [0.717, 1.165) is 26.2 Å². The van der Waals surface area contributed by atoms with Gasteiger partial charge in [-0.25, -0.2) is 4.67 Å². The molecular weight excluding hydrogens is 235 g/mol. The first-order valence-corrected chi connectivity index (χ1v) is 8.19. The zero-order chi connectivity index (χ0) is 13.1. The van der Waals surface area contributed by atoms with Crippen LogP contribution in [0.3, 0.4) is 0 Å². The summed E-state index contributed by atoms with van der Waals surface area (Å²) in [7, 11) is -0.537. The average molecular weight is 262 g/mol. The minimum Gasteiger partial charge on any atom is -0.317 e. The Labute approximate surface area is 106 Å². The zero-order valence-electron chi connectivity index (χ0n) is 11.8. The molecule has 17 heavy (non-hydrogen) atoms. The van der Waals surface area contributed by atoms with Crippen molar-refractivity contribution in [1.82, 2.24) is 9.57 Å². The molecule has 0 aromatic rings. The highest BCUT2D eigenvalue weighted by molar-refractivity contribution is 7.57. The predicted octanol–water partition coefficient (Wildman–Crippen LogP) is 2.51. The van der Waals surface area contributed by atoms with Crippen molar-refractivity contribution in [2.45, 2.75) is 33.4 Å². The lowest BCUT2D eigenvalue weighted by Gasteiger charge is -2.39. The minimum absolute atomic E-state index is 0.0738. The van der Waals surface area contributed by atoms with Gasteiger partial charge in [0.25, 0.3) is 7.52 Å². The van der Waals surface area contributed by atoms with Crippen molar-refractivity contribution in [2.24, 2.45) is 5.92 Å². The van der Waals surface area contributed by atoms with E-state index in [1.54, 1.807) is 0 Å². The van der Waals surface area contributed by atoms with Gasteiger partial charge in [-0.15, -0.1) is 0 Å². The Hall–Kier alpha value is 0.110. The van der Waals surface area contributed by atoms with Gasteiger partial charge in [-0.2, -0.15) is 0 Å². The zero-order valence-corrected chi connectivity index (χ0v) is 12.7. The number of nitrogens with zero attached hydrogens (tertiary/aromatic N) is 2. The van der Waals surface area contributed by atoms with Crippen molar-refractivity contribution in [3.05, 3.63) is 0 Å². The van der Waals surface area contributed by atoms with E-state index in [9.17, 15) is 4.57 Å². The summed E-state index contributed by atoms with van der Waals surface area (Å²) < 4.78 is 20.8. The van der Waals surface area contributed by atoms with E-state index in [1.165, 1.54) is 0 Å². The van der Waals surface area contributed by atoms with Gasteiger partial charge < -0.3 is 9.42 Å². The van der Waals surface area contributed by atoms with E-state index >= 15 is 0 Å². The van der Waals surface area contributed by atoms with Crippen LogP contribution in [0.15, 0.2) is 0 Å². The Morgan fingerprint density at radius 1 is 1.12 bits per heavy atom. The van der Waals surface area contributed by atoms with Crippen molar-refractivity contribution in [3.8, 4) is 0 Å². The summed E-state index contributed by atoms with van der Waals surface area (Å²) in [6.07, 6.45) is 0. The summed E-state index contributed by atoms with van der Waals surface area (Å²) in [6.45, 7) is 12.4. The Morgan fingerprint density at radius 3 is 2.06 bits per heavy atom. The van der Waals surface area contributed by atoms with Gasteiger partial charge in [0.05, 0.1) is 6.61 Å². The summed E-state index contributed by atoms with van der Waals surface area (Å²) in [5.41, 5.74) is 0.0738. The maximum atomic E-state index is 13.0. The Morgan fingerprint density at radius 2 is 1.65 bits per heavy atom. The standard InChI is InChI=1S/C12H27N2O2P/c1-11(2)10-16-17(15,12(3)4)14-8-6-13(5)7-9-14/h11-12H,6-10H2,1-5H3. The number of hydrogen-bond donors (Lipinski definition) is 0. The lowest BCUT2D eigenvalue weighted by molar-refractivity contribution is 0.177. The highest BCUT2D eigenvalue weighted by atomic mass is 31.2. The highest BCUT2D eigenvalue weighted by Gasteiger charge is 2.36. The molecule has 0 aliphatic carbocycles. The molecule has 0 amide bonds. The van der Waals surface area contributed by atoms with Gasteiger partial charge >= 0.3 is 0 Å². The van der Waals surface area contributed by atoms with Crippen molar-refractivity contribution < 1.29 is 9.09 Å². The molecule has 1 heterocycles. The van der Waals surface area contributed by atoms with Crippen molar-refractivity contribution >= 4 is 7.52 Å². The maximum Gasteiger partial charge on any atom is 0.274 e. The molecular formula is C12H27N2O2P. The fraction of sp³-hybridized carbons (Fsp3) is 1.00. The van der Waals surface area contributed by atoms with Crippen LogP contribution < -0.4 is 0 Å². The van der Waals surface area contributed by atoms with E-state index in [1.807, 2.05) is 13.8 Å². The Balaban J connectivity index is 2.67. The second kappa shape index (κ2) is 6.33. The minimum atomic E-state index is -2.64. The molecule has 4 nitrogen and oxygen atoms in total. The van der Waals surface area contributed by atoms with Gasteiger partial charge in [0.2, 0.25) is 0 Å². The molecule has 0 aromatic carbocycles. The van der Waals surface area contributed by atoms with Gasteiger partial charge in [-0.05, 0) is 13.0 Å². The molecule has 0 N–H and O–H groups in total. The fourth-order valence-corrected chi connectivity index (χ4v) is 4.25. The second-order valence-electron chi connectivity index (χ2n) is 5.60. The lowest BCUT2D eigenvalue weighted by atomic mass is 10.2. The van der Waals surface area contributed by atoms with Crippen LogP contribution in [-0.2, 0) is 9.09 Å². The quantitative estimate of drug-likeness (QED) is 0.713. The molecule has 0 spiro atoms. The van der Waals surface area contributed by atoms with Crippen LogP contribution in [-0.4, -0.2) is 55.1 Å². The molecule has 1 atom stereocenters. The number of likely N-dealkylation sites (N-methyl/N-ethyl adjacent to an activating group) is 1. The maximum absolute atomic E-state index is 13.0. The lowest BCUT2D eigenvalue weighted by Crippen LogP contribution is -2.44. The van der Waals surface area contributed by atoms with Crippen LogP contribution in [0.5, 0.6) is 0 Å². The Kier molecular flexibility index (Phi) is 5.65. The van der Waals surface area contributed by atoms with Crippen LogP contribution in [0.2, 0.25) is 0 Å². The van der Waals surface area contributed by atoms with Crippen molar-refractivity contribution in [3.63, 3.8) is 0 Å². The van der Waals surface area contributed by atoms with Crippen LogP contribution in [0.4, 0.5) is 0 Å². The molecule has 0 aromatic heterocycles. The first kappa shape index (κ1) is 15.2. The fourth-order valence-electron chi connectivity index (χ4n) is 1.89. The van der Waals surface area contributed by atoms with Gasteiger partial charge in [0.1, 0.15) is 0 Å². The first-order valence-electron chi connectivity index (χ1n) is 6.54. The second-order valence-corrected chi connectivity index (χ2v) is 8.59. The largest absolute Gasteiger partial charge is 0.317 e. The molecule has 0 saturated carbocycles. The monoisotopic (exact) mass is 262 g/mol. The molecule has 0 bridgehead atoms. The van der Waals surface area contributed by atoms with Crippen LogP contribution >= 0.6 is 7.52 Å². The number of rotatable bonds is 5. The summed E-state index contributed by atoms with van der Waals surface area (Å²) in [5, 5.41) is 0. The summed E-state index contributed by atoms with van der Waals surface area (Å²) in [4.78, 5) is 2.27. The number of hydrogen-bond acceptors (Lipinski definition) is 3. The Bertz CT molecular complexity index is 274. The van der Waals surface area contributed by atoms with Gasteiger partial charge in [0.15, 0.2) is 0 Å². The van der Waals surface area contributed by atoms with Crippen molar-refractivity contribution in [2.75, 3.05) is 39.8 Å². The van der Waals surface area contributed by atoms with Gasteiger partial charge in [-0.1, -0.05) is 27.7 Å². The molecule has 1 aliphatic heterocycles. The molecule has 1 rings (SSSR count). The molecule has 1 unspecified atom stereocenters. The van der Waals surface area contributed by atoms with E-state index in [4.69, 9.17) is 4.52 Å². The molecule has 1 fully saturated rings. The topological polar surface area (TPSA) is 32.8 Å². The van der Waals surface area contributed by atoms with Gasteiger partial charge in [0, 0.05) is 31.8 Å². The van der Waals surface area contributed by atoms with E-state index in [0.29, 0.717) is 12.5 Å². The highest BCUT2D eigenvalue weighted by Crippen LogP contribution is 2.55. The third-order valence-electron chi connectivity index (χ3n) is 3.12. The third kappa shape index (κ3) is 4.06. The summed E-state index contributed by atoms with van der Waals surface area (Å²) in [5.74, 6) is 0.425. The molecule has 1 aliphatic rings. The van der Waals surface area contributed by atoms with E-state index in [2.05, 4.69) is 30.5 Å². The SMILES string of the molecule is CC(C)COP(=O)(C(C)C)N1CCN(C)CC1. The molecule has 5 heteroatoms. The number of piperazine rings is 1. The third-order valence-corrected chi connectivity index (χ3v) is 6.13. The van der Waals surface area contributed by atoms with E-state index < -0.39 is 7.52 Å². The van der Waals surface area contributed by atoms with E-state index in [-0.39, 0.29) is 5.66 Å². The normalized spacial score (nSPS) is 23.2. The van der Waals surface area contributed by atoms with Crippen LogP contribution in [0, 0.1) is 5.92 Å². The molecule has 1 saturated heterocycles. The summed E-state index contributed by atoms with van der Waals surface area (Å²) in [6, 6.07) is 0. The molecule has 0 radical (unpaired) electrons. The average Bonchev–Trinajstić information content (AvgIpc) is 2.26. The first-order chi connectivity index (χ1) is 7.86. The van der Waals surface area contributed by atoms with Crippen LogP contribution in [0.1, 0.15) is 27.7 Å². The predicted molar refractivity (Wildman–Crippen MR) is 72.6 cm³/mol.